The monoisotopic (exact) mass is 438 g/mol. The summed E-state index contributed by atoms with van der Waals surface area (Å²) in [6.07, 6.45) is 5.41. The normalized spacial score (nSPS) is 15.8. The number of carbonyl (C=O) groups is 1. The molecule has 4 aromatic rings. The molecule has 7 heteroatoms. The molecular formula is C26H26N6O. The van der Waals surface area contributed by atoms with Gasteiger partial charge in [-0.1, -0.05) is 18.2 Å². The number of nitrogens with one attached hydrogen (secondary N) is 1. The molecule has 0 aliphatic carbocycles. The lowest BCUT2D eigenvalue weighted by atomic mass is 10.0. The Balaban J connectivity index is 1.51. The van der Waals surface area contributed by atoms with Gasteiger partial charge in [0.05, 0.1) is 17.1 Å². The van der Waals surface area contributed by atoms with Crippen molar-refractivity contribution in [3.8, 4) is 11.3 Å². The molecule has 0 bridgehead atoms. The minimum atomic E-state index is -0.224. The smallest absolute Gasteiger partial charge is 0.249 e. The molecule has 2 aromatic carbocycles. The van der Waals surface area contributed by atoms with E-state index in [2.05, 4.69) is 46.2 Å². The number of nitrogens with zero attached hydrogens (tertiary/aromatic N) is 5. The molecule has 2 aromatic heterocycles. The molecule has 7 nitrogen and oxygen atoms in total. The van der Waals surface area contributed by atoms with Gasteiger partial charge in [0.15, 0.2) is 0 Å². The van der Waals surface area contributed by atoms with Crippen molar-refractivity contribution in [3.05, 3.63) is 67.1 Å². The SMILES string of the molecule is CC(C)N1c2cc(Nc3nccc(-c4cccc5cnccc45)n3)ccc2N(C)C(=O)[C@H]1C. The molecule has 0 saturated carbocycles. The van der Waals surface area contributed by atoms with Gasteiger partial charge in [0.1, 0.15) is 6.04 Å². The predicted octanol–water partition coefficient (Wildman–Crippen LogP) is 5.02. The van der Waals surface area contributed by atoms with E-state index in [4.69, 9.17) is 4.98 Å². The molecule has 33 heavy (non-hydrogen) atoms. The van der Waals surface area contributed by atoms with E-state index in [1.54, 1.807) is 17.3 Å². The van der Waals surface area contributed by atoms with Crippen molar-refractivity contribution in [2.45, 2.75) is 32.9 Å². The topological polar surface area (TPSA) is 74.2 Å². The van der Waals surface area contributed by atoms with Gasteiger partial charge in [0, 0.05) is 48.3 Å². The van der Waals surface area contributed by atoms with Gasteiger partial charge >= 0.3 is 0 Å². The number of likely N-dealkylation sites (N-methyl/N-ethyl adjacent to an activating group) is 1. The second-order valence-electron chi connectivity index (χ2n) is 8.57. The Hall–Kier alpha value is -4.00. The largest absolute Gasteiger partial charge is 0.356 e. The van der Waals surface area contributed by atoms with Crippen LogP contribution in [0.2, 0.25) is 0 Å². The van der Waals surface area contributed by atoms with Crippen molar-refractivity contribution in [2.24, 2.45) is 0 Å². The third kappa shape index (κ3) is 3.65. The van der Waals surface area contributed by atoms with E-state index in [1.165, 1.54) is 0 Å². The van der Waals surface area contributed by atoms with Crippen molar-refractivity contribution in [3.63, 3.8) is 0 Å². The fraction of sp³-hybridized carbons (Fsp3) is 0.231. The first-order valence-electron chi connectivity index (χ1n) is 11.1. The van der Waals surface area contributed by atoms with Crippen LogP contribution in [0.3, 0.4) is 0 Å². The van der Waals surface area contributed by atoms with Gasteiger partial charge in [-0.3, -0.25) is 9.78 Å². The van der Waals surface area contributed by atoms with Crippen molar-refractivity contribution >= 4 is 39.7 Å². The zero-order chi connectivity index (χ0) is 23.1. The number of aromatic nitrogens is 3. The third-order valence-corrected chi connectivity index (χ3v) is 6.14. The summed E-state index contributed by atoms with van der Waals surface area (Å²) >= 11 is 0. The van der Waals surface area contributed by atoms with E-state index in [9.17, 15) is 4.79 Å². The van der Waals surface area contributed by atoms with Crippen LogP contribution in [0.15, 0.2) is 67.1 Å². The molecule has 0 fully saturated rings. The molecular weight excluding hydrogens is 412 g/mol. The maximum absolute atomic E-state index is 12.7. The van der Waals surface area contributed by atoms with Gasteiger partial charge in [0.25, 0.3) is 0 Å². The maximum Gasteiger partial charge on any atom is 0.249 e. The van der Waals surface area contributed by atoms with Crippen molar-refractivity contribution < 1.29 is 4.79 Å². The third-order valence-electron chi connectivity index (χ3n) is 6.14. The van der Waals surface area contributed by atoms with Crippen molar-refractivity contribution in [2.75, 3.05) is 22.2 Å². The summed E-state index contributed by atoms with van der Waals surface area (Å²) in [5.74, 6) is 0.612. The van der Waals surface area contributed by atoms with Gasteiger partial charge in [-0.15, -0.1) is 0 Å². The minimum absolute atomic E-state index is 0.0956. The van der Waals surface area contributed by atoms with Crippen LogP contribution in [0.25, 0.3) is 22.0 Å². The molecule has 1 aliphatic rings. The maximum atomic E-state index is 12.7. The van der Waals surface area contributed by atoms with Crippen LogP contribution in [0.4, 0.5) is 23.0 Å². The average Bonchev–Trinajstić information content (AvgIpc) is 2.82. The molecule has 1 aliphatic heterocycles. The molecule has 5 rings (SSSR count). The molecule has 0 spiro atoms. The molecule has 1 atom stereocenters. The molecule has 166 valence electrons. The van der Waals surface area contributed by atoms with Gasteiger partial charge < -0.3 is 15.1 Å². The van der Waals surface area contributed by atoms with Gasteiger partial charge in [-0.25, -0.2) is 9.97 Å². The first-order valence-corrected chi connectivity index (χ1v) is 11.1. The van der Waals surface area contributed by atoms with E-state index in [1.807, 2.05) is 56.6 Å². The number of fused-ring (bicyclic) bond motifs is 2. The lowest BCUT2D eigenvalue weighted by molar-refractivity contribution is -0.119. The second-order valence-corrected chi connectivity index (χ2v) is 8.57. The zero-order valence-corrected chi connectivity index (χ0v) is 19.1. The molecule has 0 unspecified atom stereocenters. The summed E-state index contributed by atoms with van der Waals surface area (Å²) in [6, 6.07) is 16.0. The highest BCUT2D eigenvalue weighted by Crippen LogP contribution is 2.39. The van der Waals surface area contributed by atoms with Crippen molar-refractivity contribution in [1.29, 1.82) is 0 Å². The first kappa shape index (κ1) is 20.9. The number of amides is 1. The quantitative estimate of drug-likeness (QED) is 0.483. The summed E-state index contributed by atoms with van der Waals surface area (Å²) in [5.41, 5.74) is 4.66. The van der Waals surface area contributed by atoms with E-state index < -0.39 is 0 Å². The Morgan fingerprint density at radius 1 is 1.03 bits per heavy atom. The number of pyridine rings is 1. The Morgan fingerprint density at radius 2 is 1.88 bits per heavy atom. The lowest BCUT2D eigenvalue weighted by Gasteiger charge is -2.42. The molecule has 0 radical (unpaired) electrons. The standard InChI is InChI=1S/C26H26N6O/c1-16(2)32-17(3)25(33)31(4)23-9-8-19(14-24(23)32)29-26-28-13-11-22(30-26)21-7-5-6-18-15-27-12-10-20(18)21/h5-17H,1-4H3,(H,28,29,30)/t17-/m1/s1. The fourth-order valence-corrected chi connectivity index (χ4v) is 4.59. The van der Waals surface area contributed by atoms with Crippen LogP contribution in [0.5, 0.6) is 0 Å². The highest BCUT2D eigenvalue weighted by Gasteiger charge is 2.34. The summed E-state index contributed by atoms with van der Waals surface area (Å²) < 4.78 is 0. The molecule has 1 amide bonds. The fourth-order valence-electron chi connectivity index (χ4n) is 4.59. The Morgan fingerprint density at radius 3 is 2.70 bits per heavy atom. The molecule has 3 heterocycles. The summed E-state index contributed by atoms with van der Waals surface area (Å²) in [7, 11) is 1.83. The van der Waals surface area contributed by atoms with Gasteiger partial charge in [-0.05, 0) is 56.5 Å². The average molecular weight is 439 g/mol. The predicted molar refractivity (Wildman–Crippen MR) is 133 cm³/mol. The van der Waals surface area contributed by atoms with Crippen molar-refractivity contribution in [1.82, 2.24) is 15.0 Å². The van der Waals surface area contributed by atoms with Crippen LogP contribution in [-0.4, -0.2) is 40.0 Å². The van der Waals surface area contributed by atoms with Gasteiger partial charge in [-0.2, -0.15) is 0 Å². The summed E-state index contributed by atoms with van der Waals surface area (Å²) in [6.45, 7) is 6.16. The second kappa shape index (κ2) is 8.16. The summed E-state index contributed by atoms with van der Waals surface area (Å²) in [5, 5.41) is 5.51. The lowest BCUT2D eigenvalue weighted by Crippen LogP contribution is -2.53. The van der Waals surface area contributed by atoms with E-state index in [0.29, 0.717) is 5.95 Å². The van der Waals surface area contributed by atoms with E-state index >= 15 is 0 Å². The molecule has 1 N–H and O–H groups in total. The highest BCUT2D eigenvalue weighted by atomic mass is 16.2. The number of carbonyl (C=O) groups excluding carboxylic acids is 1. The highest BCUT2D eigenvalue weighted by molar-refractivity contribution is 6.05. The van der Waals surface area contributed by atoms with Crippen LogP contribution >= 0.6 is 0 Å². The van der Waals surface area contributed by atoms with Crippen LogP contribution in [0, 0.1) is 0 Å². The Kier molecular flexibility index (Phi) is 5.17. The number of hydrogen-bond acceptors (Lipinski definition) is 6. The summed E-state index contributed by atoms with van der Waals surface area (Å²) in [4.78, 5) is 30.0. The zero-order valence-electron chi connectivity index (χ0n) is 19.1. The first-order chi connectivity index (χ1) is 15.9. The minimum Gasteiger partial charge on any atom is -0.356 e. The number of hydrogen-bond donors (Lipinski definition) is 1. The van der Waals surface area contributed by atoms with E-state index in [-0.39, 0.29) is 18.0 Å². The van der Waals surface area contributed by atoms with E-state index in [0.717, 1.165) is 39.1 Å². The number of anilines is 4. The number of rotatable bonds is 4. The van der Waals surface area contributed by atoms with Crippen LogP contribution in [-0.2, 0) is 4.79 Å². The Bertz CT molecular complexity index is 1350. The van der Waals surface area contributed by atoms with Crippen LogP contribution in [0.1, 0.15) is 20.8 Å². The Labute approximate surface area is 193 Å². The number of benzene rings is 2. The van der Waals surface area contributed by atoms with Gasteiger partial charge in [0.2, 0.25) is 11.9 Å². The molecule has 0 saturated heterocycles. The van der Waals surface area contributed by atoms with Crippen LogP contribution < -0.4 is 15.1 Å².